The number of carbonyl (C=O) groups excluding carboxylic acids is 2. The van der Waals surface area contributed by atoms with Crippen LogP contribution in [0.1, 0.15) is 12.5 Å². The first-order valence-corrected chi connectivity index (χ1v) is 7.82. The van der Waals surface area contributed by atoms with Crippen molar-refractivity contribution in [1.29, 1.82) is 0 Å². The van der Waals surface area contributed by atoms with Gasteiger partial charge in [-0.3, -0.25) is 20.4 Å². The minimum absolute atomic E-state index is 0.0689. The molecule has 0 saturated carbocycles. The highest BCUT2D eigenvalue weighted by atomic mass is 32.1. The number of hydrazine groups is 1. The van der Waals surface area contributed by atoms with Crippen LogP contribution in [0, 0.1) is 5.82 Å². The van der Waals surface area contributed by atoms with E-state index in [1.807, 2.05) is 0 Å². The average Bonchev–Trinajstić information content (AvgIpc) is 2.56. The van der Waals surface area contributed by atoms with Crippen LogP contribution >= 0.6 is 12.2 Å². The van der Waals surface area contributed by atoms with E-state index in [2.05, 4.69) is 21.5 Å². The molecule has 0 aromatic heterocycles. The first-order chi connectivity index (χ1) is 11.9. The summed E-state index contributed by atoms with van der Waals surface area (Å²) in [4.78, 5) is 22.8. The van der Waals surface area contributed by atoms with E-state index in [-0.39, 0.29) is 29.0 Å². The van der Waals surface area contributed by atoms with Gasteiger partial charge in [-0.15, -0.1) is 0 Å². The topological polar surface area (TPSA) is 82.3 Å². The summed E-state index contributed by atoms with van der Waals surface area (Å²) in [5, 5.41) is 5.36. The first kappa shape index (κ1) is 18.3. The second-order valence-electron chi connectivity index (χ2n) is 5.16. The maximum atomic E-state index is 13.5. The Hall–Kier alpha value is -3.00. The van der Waals surface area contributed by atoms with E-state index in [1.54, 1.807) is 36.4 Å². The van der Waals surface area contributed by atoms with Gasteiger partial charge < -0.3 is 10.6 Å². The molecule has 0 radical (unpaired) electrons. The molecule has 8 heteroatoms. The minimum atomic E-state index is -0.447. The molecule has 0 spiro atoms. The number of halogens is 1. The average molecular weight is 360 g/mol. The zero-order chi connectivity index (χ0) is 18.2. The van der Waals surface area contributed by atoms with Gasteiger partial charge in [0.25, 0.3) is 0 Å². The molecule has 2 aromatic carbocycles. The molecule has 0 aliphatic carbocycles. The van der Waals surface area contributed by atoms with Gasteiger partial charge in [-0.2, -0.15) is 0 Å². The van der Waals surface area contributed by atoms with Gasteiger partial charge in [-0.25, -0.2) is 4.39 Å². The van der Waals surface area contributed by atoms with Gasteiger partial charge in [0, 0.05) is 12.6 Å². The van der Waals surface area contributed by atoms with Crippen LogP contribution in [0.15, 0.2) is 48.5 Å². The Labute approximate surface area is 149 Å². The summed E-state index contributed by atoms with van der Waals surface area (Å²) in [6.45, 7) is 1.42. The molecule has 0 bridgehead atoms. The number of amides is 2. The number of hydrogen-bond donors (Lipinski definition) is 4. The Morgan fingerprint density at radius 2 is 1.68 bits per heavy atom. The monoisotopic (exact) mass is 360 g/mol. The largest absolute Gasteiger partial charge is 0.329 e. The van der Waals surface area contributed by atoms with Crippen molar-refractivity contribution < 1.29 is 14.0 Å². The molecule has 0 atom stereocenters. The predicted molar refractivity (Wildman–Crippen MR) is 98.3 cm³/mol. The van der Waals surface area contributed by atoms with Crippen molar-refractivity contribution in [2.75, 3.05) is 10.6 Å². The molecule has 0 fully saturated rings. The number of anilines is 2. The molecule has 0 aliphatic rings. The third-order valence-electron chi connectivity index (χ3n) is 3.08. The minimum Gasteiger partial charge on any atom is -0.329 e. The Kier molecular flexibility index (Phi) is 6.41. The Balaban J connectivity index is 1.79. The number of hydrogen-bond acceptors (Lipinski definition) is 3. The molecular formula is C17H17FN4O2S. The molecule has 2 rings (SSSR count). The van der Waals surface area contributed by atoms with E-state index in [0.717, 1.165) is 5.56 Å². The quantitative estimate of drug-likeness (QED) is 0.497. The molecular weight excluding hydrogens is 343 g/mol. The van der Waals surface area contributed by atoms with Gasteiger partial charge >= 0.3 is 0 Å². The Bertz CT molecular complexity index is 780. The van der Waals surface area contributed by atoms with Crippen LogP contribution in [0.2, 0.25) is 0 Å². The number of rotatable bonds is 4. The normalized spacial score (nSPS) is 9.84. The van der Waals surface area contributed by atoms with E-state index < -0.39 is 5.82 Å². The van der Waals surface area contributed by atoms with Gasteiger partial charge in [0.1, 0.15) is 5.82 Å². The summed E-state index contributed by atoms with van der Waals surface area (Å²) in [6.07, 6.45) is 0.121. The van der Waals surface area contributed by atoms with Crippen LogP contribution in [-0.4, -0.2) is 16.9 Å². The Morgan fingerprint density at radius 3 is 2.32 bits per heavy atom. The molecule has 2 aromatic rings. The molecule has 4 N–H and O–H groups in total. The maximum Gasteiger partial charge on any atom is 0.242 e. The molecule has 25 heavy (non-hydrogen) atoms. The second kappa shape index (κ2) is 8.74. The Morgan fingerprint density at radius 1 is 1.00 bits per heavy atom. The summed E-state index contributed by atoms with van der Waals surface area (Å²) in [6, 6.07) is 13.0. The highest BCUT2D eigenvalue weighted by Crippen LogP contribution is 2.12. The first-order valence-electron chi connectivity index (χ1n) is 7.41. The van der Waals surface area contributed by atoms with Crippen molar-refractivity contribution in [3.05, 3.63) is 59.9 Å². The number of nitrogens with one attached hydrogen (secondary N) is 4. The molecule has 130 valence electrons. The van der Waals surface area contributed by atoms with Crippen LogP contribution in [0.4, 0.5) is 15.8 Å². The van der Waals surface area contributed by atoms with Gasteiger partial charge in [0.05, 0.1) is 12.1 Å². The predicted octanol–water partition coefficient (Wildman–Crippen LogP) is 2.34. The third-order valence-corrected chi connectivity index (χ3v) is 3.28. The number of para-hydroxylation sites is 1. The van der Waals surface area contributed by atoms with Crippen molar-refractivity contribution in [2.24, 2.45) is 0 Å². The lowest BCUT2D eigenvalue weighted by atomic mass is 10.1. The fraction of sp³-hybridized carbons (Fsp3) is 0.118. The van der Waals surface area contributed by atoms with Crippen molar-refractivity contribution in [3.63, 3.8) is 0 Å². The van der Waals surface area contributed by atoms with E-state index >= 15 is 0 Å². The van der Waals surface area contributed by atoms with Crippen molar-refractivity contribution >= 4 is 40.5 Å². The fourth-order valence-corrected chi connectivity index (χ4v) is 2.14. The second-order valence-corrected chi connectivity index (χ2v) is 5.57. The lowest BCUT2D eigenvalue weighted by Gasteiger charge is -2.12. The number of benzene rings is 2. The highest BCUT2D eigenvalue weighted by molar-refractivity contribution is 7.80. The summed E-state index contributed by atoms with van der Waals surface area (Å²) in [5.74, 6) is -0.923. The van der Waals surface area contributed by atoms with Gasteiger partial charge in [0.2, 0.25) is 11.8 Å². The van der Waals surface area contributed by atoms with Crippen LogP contribution in [0.3, 0.4) is 0 Å². The summed E-state index contributed by atoms with van der Waals surface area (Å²) >= 11 is 4.99. The number of carbonyl (C=O) groups is 2. The summed E-state index contributed by atoms with van der Waals surface area (Å²) in [7, 11) is 0. The van der Waals surface area contributed by atoms with Crippen molar-refractivity contribution in [1.82, 2.24) is 10.9 Å². The lowest BCUT2D eigenvalue weighted by molar-refractivity contribution is -0.121. The standard InChI is InChI=1S/C17H17FN4O2S/c1-11(23)19-13-8-6-12(7-9-13)10-16(24)21-22-17(25)20-15-5-3-2-4-14(15)18/h2-9H,10H2,1H3,(H,19,23)(H,21,24)(H2,20,22,25). The van der Waals surface area contributed by atoms with Crippen molar-refractivity contribution in [3.8, 4) is 0 Å². The van der Waals surface area contributed by atoms with E-state index in [9.17, 15) is 14.0 Å². The SMILES string of the molecule is CC(=O)Nc1ccc(CC(=O)NNC(=S)Nc2ccccc2F)cc1. The molecule has 0 heterocycles. The lowest BCUT2D eigenvalue weighted by Crippen LogP contribution is -2.44. The highest BCUT2D eigenvalue weighted by Gasteiger charge is 2.06. The molecule has 0 aliphatic heterocycles. The molecule has 2 amide bonds. The van der Waals surface area contributed by atoms with Gasteiger partial charge in [-0.05, 0) is 42.0 Å². The fourth-order valence-electron chi connectivity index (χ4n) is 1.98. The van der Waals surface area contributed by atoms with E-state index in [1.165, 1.54) is 19.1 Å². The van der Waals surface area contributed by atoms with Crippen LogP contribution < -0.4 is 21.5 Å². The van der Waals surface area contributed by atoms with Crippen LogP contribution in [-0.2, 0) is 16.0 Å². The van der Waals surface area contributed by atoms with E-state index in [0.29, 0.717) is 5.69 Å². The molecule has 0 unspecified atom stereocenters. The van der Waals surface area contributed by atoms with Crippen molar-refractivity contribution in [2.45, 2.75) is 13.3 Å². The van der Waals surface area contributed by atoms with Crippen LogP contribution in [0.5, 0.6) is 0 Å². The van der Waals surface area contributed by atoms with Gasteiger partial charge in [0.15, 0.2) is 5.11 Å². The molecule has 0 saturated heterocycles. The van der Waals surface area contributed by atoms with E-state index in [4.69, 9.17) is 12.2 Å². The number of thiocarbonyl (C=S) groups is 1. The molecule has 6 nitrogen and oxygen atoms in total. The maximum absolute atomic E-state index is 13.5. The zero-order valence-corrected chi connectivity index (χ0v) is 14.2. The van der Waals surface area contributed by atoms with Crippen LogP contribution in [0.25, 0.3) is 0 Å². The third kappa shape index (κ3) is 6.19. The summed E-state index contributed by atoms with van der Waals surface area (Å²) < 4.78 is 13.5. The van der Waals surface area contributed by atoms with Gasteiger partial charge in [-0.1, -0.05) is 24.3 Å². The smallest absolute Gasteiger partial charge is 0.242 e. The summed E-state index contributed by atoms with van der Waals surface area (Å²) in [5.41, 5.74) is 6.58. The zero-order valence-electron chi connectivity index (χ0n) is 13.4.